The van der Waals surface area contributed by atoms with Gasteiger partial charge in [0.05, 0.1) is 12.2 Å². The van der Waals surface area contributed by atoms with Gasteiger partial charge in [0.2, 0.25) is 0 Å². The van der Waals surface area contributed by atoms with Crippen molar-refractivity contribution in [3.05, 3.63) is 81.9 Å². The molecule has 1 fully saturated rings. The molecule has 35 heavy (non-hydrogen) atoms. The zero-order valence-corrected chi connectivity index (χ0v) is 19.6. The fourth-order valence-corrected chi connectivity index (χ4v) is 4.55. The predicted octanol–water partition coefficient (Wildman–Crippen LogP) is 3.38. The second-order valence-electron chi connectivity index (χ2n) is 9.14. The van der Waals surface area contributed by atoms with E-state index in [4.69, 9.17) is 4.52 Å². The van der Waals surface area contributed by atoms with E-state index in [2.05, 4.69) is 27.2 Å². The Kier molecular flexibility index (Phi) is 6.29. The Balaban J connectivity index is 1.30. The van der Waals surface area contributed by atoms with Gasteiger partial charge in [-0.05, 0) is 50.2 Å². The van der Waals surface area contributed by atoms with E-state index in [0.29, 0.717) is 30.0 Å². The van der Waals surface area contributed by atoms with Crippen molar-refractivity contribution in [1.29, 1.82) is 0 Å². The van der Waals surface area contributed by atoms with Gasteiger partial charge in [0, 0.05) is 43.2 Å². The molecule has 3 heterocycles. The zero-order valence-electron chi connectivity index (χ0n) is 19.6. The van der Waals surface area contributed by atoms with Crippen molar-refractivity contribution in [3.63, 3.8) is 0 Å². The molecular formula is C25H26F2N6O2. The SMILES string of the molecule is CN1CCC(N(C)c2nc(C3C=CC=C(Cn4nc(-c5cc(F)cc(F)c5)ccc4=O)C3)no2)C1. The van der Waals surface area contributed by atoms with E-state index in [1.807, 2.05) is 30.2 Å². The predicted molar refractivity (Wildman–Crippen MR) is 127 cm³/mol. The second-order valence-corrected chi connectivity index (χ2v) is 9.14. The van der Waals surface area contributed by atoms with Crippen molar-refractivity contribution in [2.24, 2.45) is 0 Å². The number of nitrogens with zero attached hydrogens (tertiary/aromatic N) is 6. The van der Waals surface area contributed by atoms with Crippen molar-refractivity contribution in [3.8, 4) is 11.3 Å². The van der Waals surface area contributed by atoms with Crippen LogP contribution in [0.4, 0.5) is 14.8 Å². The highest BCUT2D eigenvalue weighted by Crippen LogP contribution is 2.29. The molecule has 1 saturated heterocycles. The van der Waals surface area contributed by atoms with E-state index < -0.39 is 11.6 Å². The molecule has 0 radical (unpaired) electrons. The van der Waals surface area contributed by atoms with Gasteiger partial charge in [-0.2, -0.15) is 10.1 Å². The van der Waals surface area contributed by atoms with Crippen molar-refractivity contribution < 1.29 is 13.3 Å². The maximum atomic E-state index is 13.6. The minimum absolute atomic E-state index is 0.0941. The van der Waals surface area contributed by atoms with Gasteiger partial charge in [-0.25, -0.2) is 13.5 Å². The number of allylic oxidation sites excluding steroid dienone is 4. The van der Waals surface area contributed by atoms with Crippen molar-refractivity contribution >= 4 is 6.01 Å². The first-order valence-electron chi connectivity index (χ1n) is 11.5. The van der Waals surface area contributed by atoms with Crippen LogP contribution in [0.5, 0.6) is 0 Å². The summed E-state index contributed by atoms with van der Waals surface area (Å²) in [6.07, 6.45) is 7.48. The number of rotatable bonds is 6. The minimum atomic E-state index is -0.701. The number of hydrogen-bond acceptors (Lipinski definition) is 7. The standard InChI is InChI=1S/C25H26F2N6O2/c1-31-9-8-21(15-31)32(2)25-28-24(30-35-25)17-5-3-4-16(10-17)14-33-23(34)7-6-22(29-33)18-11-19(26)13-20(27)12-18/h3-7,11-13,17,21H,8-10,14-15H2,1-2H3. The molecule has 2 atom stereocenters. The fourth-order valence-electron chi connectivity index (χ4n) is 4.55. The van der Waals surface area contributed by atoms with E-state index in [1.54, 1.807) is 0 Å². The molecule has 182 valence electrons. The molecular weight excluding hydrogens is 454 g/mol. The average molecular weight is 481 g/mol. The molecule has 1 aromatic carbocycles. The molecule has 10 heteroatoms. The summed E-state index contributed by atoms with van der Waals surface area (Å²) in [5.41, 5.74) is 1.23. The maximum absolute atomic E-state index is 13.6. The molecule has 1 aliphatic carbocycles. The normalized spacial score (nSPS) is 20.3. The lowest BCUT2D eigenvalue weighted by atomic mass is 9.93. The van der Waals surface area contributed by atoms with Crippen molar-refractivity contribution in [1.82, 2.24) is 24.8 Å². The van der Waals surface area contributed by atoms with Gasteiger partial charge in [-0.15, -0.1) is 0 Å². The Bertz CT molecular complexity index is 1330. The first kappa shape index (κ1) is 23.1. The first-order chi connectivity index (χ1) is 16.9. The third-order valence-electron chi connectivity index (χ3n) is 6.51. The lowest BCUT2D eigenvalue weighted by molar-refractivity contribution is 0.386. The van der Waals surface area contributed by atoms with Gasteiger partial charge < -0.3 is 14.3 Å². The molecule has 0 bridgehead atoms. The first-order valence-corrected chi connectivity index (χ1v) is 11.5. The summed E-state index contributed by atoms with van der Waals surface area (Å²) in [7, 11) is 4.07. The van der Waals surface area contributed by atoms with Crippen LogP contribution in [0.2, 0.25) is 0 Å². The van der Waals surface area contributed by atoms with Crippen molar-refractivity contribution in [2.45, 2.75) is 31.3 Å². The number of hydrogen-bond donors (Lipinski definition) is 0. The number of anilines is 1. The van der Waals surface area contributed by atoms with Crippen molar-refractivity contribution in [2.75, 3.05) is 32.1 Å². The van der Waals surface area contributed by atoms with Gasteiger partial charge in [0.15, 0.2) is 5.82 Å². The second kappa shape index (κ2) is 9.53. The van der Waals surface area contributed by atoms with E-state index in [0.717, 1.165) is 31.1 Å². The topological polar surface area (TPSA) is 80.3 Å². The minimum Gasteiger partial charge on any atom is -0.323 e. The van der Waals surface area contributed by atoms with Crippen LogP contribution < -0.4 is 10.5 Å². The lowest BCUT2D eigenvalue weighted by Crippen LogP contribution is -2.33. The molecule has 3 aromatic rings. The Morgan fingerprint density at radius 2 is 2.00 bits per heavy atom. The molecule has 0 amide bonds. The fraction of sp³-hybridized carbons (Fsp3) is 0.360. The van der Waals surface area contributed by atoms with Crippen LogP contribution in [-0.4, -0.2) is 58.0 Å². The number of halogens is 2. The largest absolute Gasteiger partial charge is 0.324 e. The smallest absolute Gasteiger partial charge is 0.323 e. The van der Waals surface area contributed by atoms with Gasteiger partial charge in [0.1, 0.15) is 11.6 Å². The molecule has 5 rings (SSSR count). The lowest BCUT2D eigenvalue weighted by Gasteiger charge is -2.21. The van der Waals surface area contributed by atoms with Crippen LogP contribution in [0.3, 0.4) is 0 Å². The van der Waals surface area contributed by atoms with E-state index >= 15 is 0 Å². The van der Waals surface area contributed by atoms with Crippen LogP contribution in [0.1, 0.15) is 24.6 Å². The zero-order chi connectivity index (χ0) is 24.5. The Morgan fingerprint density at radius 3 is 2.74 bits per heavy atom. The quantitative estimate of drug-likeness (QED) is 0.535. The highest BCUT2D eigenvalue weighted by molar-refractivity contribution is 5.58. The van der Waals surface area contributed by atoms with E-state index in [9.17, 15) is 13.6 Å². The Labute approximate surface area is 201 Å². The van der Waals surface area contributed by atoms with Gasteiger partial charge >= 0.3 is 6.01 Å². The maximum Gasteiger partial charge on any atom is 0.324 e. The van der Waals surface area contributed by atoms with Gasteiger partial charge in [0.25, 0.3) is 5.56 Å². The van der Waals surface area contributed by atoms with Crippen LogP contribution in [-0.2, 0) is 6.54 Å². The summed E-state index contributed by atoms with van der Waals surface area (Å²) in [5, 5.41) is 8.55. The summed E-state index contributed by atoms with van der Waals surface area (Å²) < 4.78 is 34.1. The number of likely N-dealkylation sites (tertiary alicyclic amines) is 1. The third-order valence-corrected chi connectivity index (χ3v) is 6.51. The number of aromatic nitrogens is 4. The molecule has 2 aromatic heterocycles. The van der Waals surface area contributed by atoms with Gasteiger partial charge in [-0.1, -0.05) is 23.4 Å². The van der Waals surface area contributed by atoms with Gasteiger partial charge in [-0.3, -0.25) is 4.79 Å². The summed E-state index contributed by atoms with van der Waals surface area (Å²) in [6.45, 7) is 2.23. The van der Waals surface area contributed by atoms with Crippen LogP contribution in [0.15, 0.2) is 63.5 Å². The average Bonchev–Trinajstić information content (AvgIpc) is 3.49. The third kappa shape index (κ3) is 5.07. The molecule has 2 unspecified atom stereocenters. The molecule has 0 N–H and O–H groups in total. The summed E-state index contributed by atoms with van der Waals surface area (Å²) in [5.74, 6) is -0.909. The molecule has 0 saturated carbocycles. The van der Waals surface area contributed by atoms with Crippen LogP contribution in [0, 0.1) is 11.6 Å². The summed E-state index contributed by atoms with van der Waals surface area (Å²) in [4.78, 5) is 21.4. The van der Waals surface area contributed by atoms with Crippen LogP contribution >= 0.6 is 0 Å². The van der Waals surface area contributed by atoms with E-state index in [1.165, 1.54) is 28.9 Å². The number of likely N-dealkylation sites (N-methyl/N-ethyl adjacent to an activating group) is 2. The highest BCUT2D eigenvalue weighted by Gasteiger charge is 2.28. The molecule has 8 nitrogen and oxygen atoms in total. The summed E-state index contributed by atoms with van der Waals surface area (Å²) >= 11 is 0. The molecule has 1 aliphatic heterocycles. The monoisotopic (exact) mass is 480 g/mol. The Morgan fingerprint density at radius 1 is 1.20 bits per heavy atom. The Hall–Kier alpha value is -3.66. The van der Waals surface area contributed by atoms with Crippen LogP contribution in [0.25, 0.3) is 11.3 Å². The summed E-state index contributed by atoms with van der Waals surface area (Å²) in [6, 6.07) is 6.82. The highest BCUT2D eigenvalue weighted by atomic mass is 19.1. The number of benzene rings is 1. The van der Waals surface area contributed by atoms with E-state index in [-0.39, 0.29) is 23.6 Å². The molecule has 0 spiro atoms. The molecule has 2 aliphatic rings.